The highest BCUT2D eigenvalue weighted by molar-refractivity contribution is 5.34. The lowest BCUT2D eigenvalue weighted by Crippen LogP contribution is -2.33. The van der Waals surface area contributed by atoms with E-state index in [0.717, 1.165) is 12.5 Å². The number of hydrogen-bond acceptors (Lipinski definition) is 3. The van der Waals surface area contributed by atoms with E-state index in [9.17, 15) is 9.50 Å². The molecule has 3 nitrogen and oxygen atoms in total. The summed E-state index contributed by atoms with van der Waals surface area (Å²) >= 11 is 0. The third-order valence-corrected chi connectivity index (χ3v) is 2.66. The van der Waals surface area contributed by atoms with Gasteiger partial charge in [-0.25, -0.2) is 4.39 Å². The number of phenols is 1. The third kappa shape index (κ3) is 3.18. The number of nitrogens with one attached hydrogen (secondary N) is 1. The smallest absolute Gasteiger partial charge is 0.126 e. The van der Waals surface area contributed by atoms with Crippen LogP contribution in [0.3, 0.4) is 0 Å². The van der Waals surface area contributed by atoms with Gasteiger partial charge >= 0.3 is 0 Å². The van der Waals surface area contributed by atoms with E-state index in [2.05, 4.69) is 5.32 Å². The molecule has 2 atom stereocenters. The van der Waals surface area contributed by atoms with Gasteiger partial charge in [0.25, 0.3) is 0 Å². The first-order valence-corrected chi connectivity index (χ1v) is 5.43. The lowest BCUT2D eigenvalue weighted by atomic mass is 10.1. The molecule has 0 aliphatic rings. The number of phenolic OH excluding ortho intramolecular Hbond substituents is 1. The van der Waals surface area contributed by atoms with Crippen LogP contribution in [0.4, 0.5) is 4.39 Å². The Kier molecular flexibility index (Phi) is 4.71. The molecule has 90 valence electrons. The van der Waals surface area contributed by atoms with Crippen molar-refractivity contribution in [3.05, 3.63) is 29.6 Å². The Morgan fingerprint density at radius 1 is 1.44 bits per heavy atom. The number of halogens is 1. The highest BCUT2D eigenvalue weighted by atomic mass is 19.1. The van der Waals surface area contributed by atoms with E-state index in [1.807, 2.05) is 13.8 Å². The van der Waals surface area contributed by atoms with Gasteiger partial charge in [-0.1, -0.05) is 13.0 Å². The Balaban J connectivity index is 2.76. The Morgan fingerprint density at radius 3 is 2.62 bits per heavy atom. The van der Waals surface area contributed by atoms with E-state index in [-0.39, 0.29) is 24.4 Å². The van der Waals surface area contributed by atoms with Crippen molar-refractivity contribution in [1.29, 1.82) is 0 Å². The maximum atomic E-state index is 12.8. The summed E-state index contributed by atoms with van der Waals surface area (Å²) < 4.78 is 12.8. The zero-order chi connectivity index (χ0) is 12.1. The Hall–Kier alpha value is -1.13. The molecule has 1 aromatic rings. The number of hydrogen-bond donors (Lipinski definition) is 3. The first kappa shape index (κ1) is 12.9. The number of aliphatic hydroxyl groups is 1. The minimum Gasteiger partial charge on any atom is -0.508 e. The number of aromatic hydroxyl groups is 1. The molecule has 1 rings (SSSR count). The normalized spacial score (nSPS) is 14.8. The lowest BCUT2D eigenvalue weighted by molar-refractivity contribution is 0.229. The second kappa shape index (κ2) is 5.82. The first-order chi connectivity index (χ1) is 7.58. The fourth-order valence-corrected chi connectivity index (χ4v) is 1.63. The number of aliphatic hydroxyl groups excluding tert-OH is 1. The summed E-state index contributed by atoms with van der Waals surface area (Å²) in [5.74, 6) is -0.518. The third-order valence-electron chi connectivity index (χ3n) is 2.66. The van der Waals surface area contributed by atoms with Gasteiger partial charge in [-0.3, -0.25) is 0 Å². The van der Waals surface area contributed by atoms with Gasteiger partial charge in [-0.15, -0.1) is 0 Å². The Labute approximate surface area is 94.9 Å². The van der Waals surface area contributed by atoms with Crippen molar-refractivity contribution in [3.8, 4) is 5.75 Å². The summed E-state index contributed by atoms with van der Waals surface area (Å²) in [7, 11) is 0. The quantitative estimate of drug-likeness (QED) is 0.720. The van der Waals surface area contributed by atoms with Crippen molar-refractivity contribution in [2.45, 2.75) is 32.4 Å². The van der Waals surface area contributed by atoms with E-state index in [0.29, 0.717) is 5.56 Å². The summed E-state index contributed by atoms with van der Waals surface area (Å²) in [5, 5.41) is 21.8. The molecule has 0 spiro atoms. The second-order valence-electron chi connectivity index (χ2n) is 3.88. The highest BCUT2D eigenvalue weighted by Crippen LogP contribution is 2.25. The van der Waals surface area contributed by atoms with Crippen LogP contribution in [-0.4, -0.2) is 22.9 Å². The summed E-state index contributed by atoms with van der Waals surface area (Å²) in [6.45, 7) is 3.87. The predicted octanol–water partition coefficient (Wildman–Crippen LogP) is 1.95. The summed E-state index contributed by atoms with van der Waals surface area (Å²) in [4.78, 5) is 0. The molecule has 1 unspecified atom stereocenters. The van der Waals surface area contributed by atoms with Gasteiger partial charge in [0.1, 0.15) is 11.6 Å². The van der Waals surface area contributed by atoms with Crippen molar-refractivity contribution in [2.75, 3.05) is 6.61 Å². The van der Waals surface area contributed by atoms with E-state index in [1.165, 1.54) is 6.07 Å². The van der Waals surface area contributed by atoms with Gasteiger partial charge in [0, 0.05) is 23.7 Å². The second-order valence-corrected chi connectivity index (χ2v) is 3.88. The van der Waals surface area contributed by atoms with Crippen LogP contribution in [0.1, 0.15) is 31.9 Å². The molecular weight excluding hydrogens is 209 g/mol. The Bertz CT molecular complexity index is 340. The van der Waals surface area contributed by atoms with E-state index in [4.69, 9.17) is 5.11 Å². The summed E-state index contributed by atoms with van der Waals surface area (Å²) in [6.07, 6.45) is 0.794. The van der Waals surface area contributed by atoms with Crippen LogP contribution in [0.5, 0.6) is 5.75 Å². The van der Waals surface area contributed by atoms with Crippen LogP contribution >= 0.6 is 0 Å². The lowest BCUT2D eigenvalue weighted by Gasteiger charge is -2.21. The number of rotatable bonds is 5. The van der Waals surface area contributed by atoms with Crippen LogP contribution in [0.15, 0.2) is 18.2 Å². The molecule has 0 amide bonds. The van der Waals surface area contributed by atoms with Crippen molar-refractivity contribution >= 4 is 0 Å². The predicted molar refractivity (Wildman–Crippen MR) is 60.8 cm³/mol. The van der Waals surface area contributed by atoms with E-state index >= 15 is 0 Å². The SMILES string of the molecule is CC[C@@H](CO)NC(C)c1ccc(F)cc1O. The molecule has 1 aromatic carbocycles. The zero-order valence-corrected chi connectivity index (χ0v) is 9.57. The molecule has 0 heterocycles. The van der Waals surface area contributed by atoms with Crippen molar-refractivity contribution in [2.24, 2.45) is 0 Å². The van der Waals surface area contributed by atoms with Crippen molar-refractivity contribution in [1.82, 2.24) is 5.32 Å². The van der Waals surface area contributed by atoms with Crippen LogP contribution in [0.25, 0.3) is 0 Å². The molecule has 0 aromatic heterocycles. The maximum Gasteiger partial charge on any atom is 0.126 e. The van der Waals surface area contributed by atoms with Crippen molar-refractivity contribution in [3.63, 3.8) is 0 Å². The monoisotopic (exact) mass is 227 g/mol. The molecule has 0 radical (unpaired) electrons. The van der Waals surface area contributed by atoms with Gasteiger partial charge in [-0.05, 0) is 19.4 Å². The standard InChI is InChI=1S/C12H18FNO2/c1-3-10(7-15)14-8(2)11-5-4-9(13)6-12(11)16/h4-6,8,10,14-16H,3,7H2,1-2H3/t8?,10-/m0/s1. The molecule has 0 bridgehead atoms. The van der Waals surface area contributed by atoms with E-state index in [1.54, 1.807) is 6.07 Å². The van der Waals surface area contributed by atoms with Gasteiger partial charge in [0.2, 0.25) is 0 Å². The minimum atomic E-state index is -0.456. The molecular formula is C12H18FNO2. The molecule has 3 N–H and O–H groups in total. The Morgan fingerprint density at radius 2 is 2.12 bits per heavy atom. The van der Waals surface area contributed by atoms with Gasteiger partial charge in [-0.2, -0.15) is 0 Å². The average Bonchev–Trinajstić information content (AvgIpc) is 2.25. The molecule has 16 heavy (non-hydrogen) atoms. The molecule has 0 saturated heterocycles. The highest BCUT2D eigenvalue weighted by Gasteiger charge is 2.14. The molecule has 0 aliphatic heterocycles. The topological polar surface area (TPSA) is 52.5 Å². The van der Waals surface area contributed by atoms with Gasteiger partial charge in [0.05, 0.1) is 6.61 Å². The molecule has 0 saturated carbocycles. The summed E-state index contributed by atoms with van der Waals surface area (Å²) in [6, 6.07) is 3.81. The average molecular weight is 227 g/mol. The number of benzene rings is 1. The zero-order valence-electron chi connectivity index (χ0n) is 9.57. The molecule has 0 aliphatic carbocycles. The van der Waals surface area contributed by atoms with Crippen LogP contribution in [0, 0.1) is 5.82 Å². The summed E-state index contributed by atoms with van der Waals surface area (Å²) in [5.41, 5.74) is 0.633. The van der Waals surface area contributed by atoms with E-state index < -0.39 is 5.82 Å². The van der Waals surface area contributed by atoms with Crippen LogP contribution in [-0.2, 0) is 0 Å². The van der Waals surface area contributed by atoms with Gasteiger partial charge in [0.15, 0.2) is 0 Å². The largest absolute Gasteiger partial charge is 0.508 e. The molecule has 4 heteroatoms. The fourth-order valence-electron chi connectivity index (χ4n) is 1.63. The van der Waals surface area contributed by atoms with Gasteiger partial charge < -0.3 is 15.5 Å². The molecule has 0 fully saturated rings. The minimum absolute atomic E-state index is 0.0144. The fraction of sp³-hybridized carbons (Fsp3) is 0.500. The first-order valence-electron chi connectivity index (χ1n) is 5.43. The van der Waals surface area contributed by atoms with Crippen LogP contribution in [0.2, 0.25) is 0 Å². The maximum absolute atomic E-state index is 12.8. The van der Waals surface area contributed by atoms with Crippen LogP contribution < -0.4 is 5.32 Å². The van der Waals surface area contributed by atoms with Crippen molar-refractivity contribution < 1.29 is 14.6 Å².